The molecule has 2 fully saturated rings. The normalized spacial score (nSPS) is 33.6. The third-order valence-corrected chi connectivity index (χ3v) is 6.14. The molecule has 0 aromatic heterocycles. The summed E-state index contributed by atoms with van der Waals surface area (Å²) < 4.78 is 1.08. The molecule has 0 aliphatic carbocycles. The lowest BCUT2D eigenvalue weighted by Gasteiger charge is -2.31. The molecule has 3 rings (SSSR count). The average Bonchev–Trinajstić information content (AvgIpc) is 2.68. The van der Waals surface area contributed by atoms with Gasteiger partial charge in [-0.15, -0.1) is 0 Å². The van der Waals surface area contributed by atoms with Gasteiger partial charge in [-0.05, 0) is 49.3 Å². The summed E-state index contributed by atoms with van der Waals surface area (Å²) in [5.41, 5.74) is 1.07. The highest BCUT2D eigenvalue weighted by molar-refractivity contribution is 9.10. The van der Waals surface area contributed by atoms with E-state index in [0.717, 1.165) is 20.5 Å². The van der Waals surface area contributed by atoms with E-state index in [0.29, 0.717) is 5.92 Å². The van der Waals surface area contributed by atoms with Crippen molar-refractivity contribution in [2.45, 2.75) is 42.3 Å². The van der Waals surface area contributed by atoms with Crippen molar-refractivity contribution >= 4 is 27.7 Å². The maximum atomic E-state index is 10.5. The zero-order chi connectivity index (χ0) is 11.8. The third-order valence-electron chi connectivity index (χ3n) is 3.98. The predicted molar refractivity (Wildman–Crippen MR) is 76.2 cm³/mol. The first kappa shape index (κ1) is 12.1. The van der Waals surface area contributed by atoms with Crippen LogP contribution >= 0.6 is 27.7 Å². The van der Waals surface area contributed by atoms with Crippen molar-refractivity contribution in [2.24, 2.45) is 5.92 Å². The third kappa shape index (κ3) is 2.56. The van der Waals surface area contributed by atoms with Gasteiger partial charge in [-0.2, -0.15) is 11.8 Å². The first-order valence-corrected chi connectivity index (χ1v) is 8.05. The zero-order valence-corrected chi connectivity index (χ0v) is 12.1. The minimum atomic E-state index is -0.271. The minimum Gasteiger partial charge on any atom is -0.388 e. The molecule has 17 heavy (non-hydrogen) atoms. The Morgan fingerprint density at radius 3 is 2.29 bits per heavy atom. The Hall–Kier alpha value is 0.01000. The molecular weight excluding hydrogens is 296 g/mol. The van der Waals surface area contributed by atoms with E-state index in [1.807, 2.05) is 24.3 Å². The highest BCUT2D eigenvalue weighted by Crippen LogP contribution is 2.49. The summed E-state index contributed by atoms with van der Waals surface area (Å²) in [7, 11) is 0. The fourth-order valence-corrected chi connectivity index (χ4v) is 5.16. The van der Waals surface area contributed by atoms with E-state index in [1.165, 1.54) is 25.7 Å². The maximum absolute atomic E-state index is 10.5. The second-order valence-electron chi connectivity index (χ2n) is 5.19. The Labute approximate surface area is 115 Å². The molecule has 2 saturated heterocycles. The summed E-state index contributed by atoms with van der Waals surface area (Å²) in [5.74, 6) is 0.468. The van der Waals surface area contributed by atoms with Gasteiger partial charge in [-0.3, -0.25) is 0 Å². The minimum absolute atomic E-state index is 0.271. The number of thioether (sulfide) groups is 1. The van der Waals surface area contributed by atoms with E-state index >= 15 is 0 Å². The van der Waals surface area contributed by atoms with E-state index < -0.39 is 0 Å². The van der Waals surface area contributed by atoms with Crippen molar-refractivity contribution in [1.29, 1.82) is 0 Å². The van der Waals surface area contributed by atoms with Crippen molar-refractivity contribution in [3.63, 3.8) is 0 Å². The number of halogens is 1. The second kappa shape index (κ2) is 4.94. The molecule has 2 aliphatic heterocycles. The summed E-state index contributed by atoms with van der Waals surface area (Å²) >= 11 is 5.59. The molecule has 2 aliphatic rings. The lowest BCUT2D eigenvalue weighted by Crippen LogP contribution is -2.23. The second-order valence-corrected chi connectivity index (χ2v) is 7.71. The molecule has 0 amide bonds. The number of hydrogen-bond donors (Lipinski definition) is 1. The molecule has 3 atom stereocenters. The van der Waals surface area contributed by atoms with Crippen LogP contribution < -0.4 is 0 Å². The summed E-state index contributed by atoms with van der Waals surface area (Å²) in [4.78, 5) is 0. The van der Waals surface area contributed by atoms with Crippen LogP contribution in [0.2, 0.25) is 0 Å². The van der Waals surface area contributed by atoms with Crippen LogP contribution in [0.15, 0.2) is 28.7 Å². The van der Waals surface area contributed by atoms with Crippen molar-refractivity contribution in [3.05, 3.63) is 34.3 Å². The van der Waals surface area contributed by atoms with Crippen LogP contribution in [0.1, 0.15) is 37.4 Å². The number of fused-ring (bicyclic) bond motifs is 2. The number of aliphatic hydroxyl groups excluding tert-OH is 1. The van der Waals surface area contributed by atoms with Gasteiger partial charge in [0.25, 0.3) is 0 Å². The maximum Gasteiger partial charge on any atom is 0.0819 e. The van der Waals surface area contributed by atoms with E-state index in [4.69, 9.17) is 0 Å². The highest BCUT2D eigenvalue weighted by Gasteiger charge is 2.37. The van der Waals surface area contributed by atoms with E-state index in [1.54, 1.807) is 0 Å². The number of benzene rings is 1. The summed E-state index contributed by atoms with van der Waals surface area (Å²) in [5, 5.41) is 12.1. The highest BCUT2D eigenvalue weighted by atomic mass is 79.9. The number of aliphatic hydroxyl groups is 1. The summed E-state index contributed by atoms with van der Waals surface area (Å²) in [6, 6.07) is 8.12. The molecule has 3 heteroatoms. The predicted octanol–water partition coefficient (Wildman–Crippen LogP) is 4.16. The molecule has 2 bridgehead atoms. The van der Waals surface area contributed by atoms with Crippen LogP contribution in [-0.4, -0.2) is 15.6 Å². The smallest absolute Gasteiger partial charge is 0.0819 e. The van der Waals surface area contributed by atoms with Crippen molar-refractivity contribution in [3.8, 4) is 0 Å². The van der Waals surface area contributed by atoms with Crippen LogP contribution in [-0.2, 0) is 0 Å². The Bertz CT molecular complexity index is 380. The van der Waals surface area contributed by atoms with Crippen molar-refractivity contribution < 1.29 is 5.11 Å². The van der Waals surface area contributed by atoms with Crippen LogP contribution in [0, 0.1) is 5.92 Å². The van der Waals surface area contributed by atoms with Crippen LogP contribution in [0.5, 0.6) is 0 Å². The van der Waals surface area contributed by atoms with Crippen LogP contribution in [0.25, 0.3) is 0 Å². The first-order chi connectivity index (χ1) is 8.22. The lowest BCUT2D eigenvalue weighted by atomic mass is 9.89. The number of rotatable bonds is 2. The van der Waals surface area contributed by atoms with E-state index in [-0.39, 0.29) is 6.10 Å². The molecule has 3 unspecified atom stereocenters. The van der Waals surface area contributed by atoms with Gasteiger partial charge >= 0.3 is 0 Å². The quantitative estimate of drug-likeness (QED) is 0.885. The van der Waals surface area contributed by atoms with Crippen LogP contribution in [0.3, 0.4) is 0 Å². The van der Waals surface area contributed by atoms with Gasteiger partial charge in [0.05, 0.1) is 6.10 Å². The van der Waals surface area contributed by atoms with Gasteiger partial charge in [0, 0.05) is 15.0 Å². The fourth-order valence-electron chi connectivity index (χ4n) is 3.09. The molecule has 0 spiro atoms. The first-order valence-electron chi connectivity index (χ1n) is 6.31. The molecule has 1 aromatic carbocycles. The largest absolute Gasteiger partial charge is 0.388 e. The van der Waals surface area contributed by atoms with Crippen LogP contribution in [0.4, 0.5) is 0 Å². The van der Waals surface area contributed by atoms with Gasteiger partial charge < -0.3 is 5.11 Å². The Morgan fingerprint density at radius 2 is 1.71 bits per heavy atom. The van der Waals surface area contributed by atoms with E-state index in [9.17, 15) is 5.11 Å². The molecule has 1 nitrogen and oxygen atoms in total. The molecular formula is C14H17BrOS. The molecule has 0 saturated carbocycles. The van der Waals surface area contributed by atoms with E-state index in [2.05, 4.69) is 27.7 Å². The van der Waals surface area contributed by atoms with Gasteiger partial charge in [-0.25, -0.2) is 0 Å². The topological polar surface area (TPSA) is 20.2 Å². The molecule has 92 valence electrons. The molecule has 1 aromatic rings. The van der Waals surface area contributed by atoms with Crippen molar-refractivity contribution in [2.75, 3.05) is 0 Å². The van der Waals surface area contributed by atoms with Gasteiger partial charge in [0.15, 0.2) is 0 Å². The number of hydrogen-bond acceptors (Lipinski definition) is 2. The standard InChI is InChI=1S/C14H17BrOS/c15-11-3-1-9(2-4-11)14(16)10-7-12-5-6-13(8-10)17-12/h1-4,10,12-14,16H,5-8H2. The lowest BCUT2D eigenvalue weighted by molar-refractivity contribution is 0.0981. The Kier molecular flexibility index (Phi) is 3.51. The van der Waals surface area contributed by atoms with Gasteiger partial charge in [0.2, 0.25) is 0 Å². The zero-order valence-electron chi connectivity index (χ0n) is 9.68. The Balaban J connectivity index is 1.73. The van der Waals surface area contributed by atoms with Gasteiger partial charge in [-0.1, -0.05) is 28.1 Å². The molecule has 1 N–H and O–H groups in total. The average molecular weight is 313 g/mol. The molecule has 2 heterocycles. The fraction of sp³-hybridized carbons (Fsp3) is 0.571. The molecule has 0 radical (unpaired) electrons. The van der Waals surface area contributed by atoms with Crippen molar-refractivity contribution in [1.82, 2.24) is 0 Å². The SMILES string of the molecule is OC(c1ccc(Br)cc1)C1CC2CCC(C1)S2. The summed E-state index contributed by atoms with van der Waals surface area (Å²) in [6.45, 7) is 0. The van der Waals surface area contributed by atoms with Gasteiger partial charge in [0.1, 0.15) is 0 Å². The monoisotopic (exact) mass is 312 g/mol. The summed E-state index contributed by atoms with van der Waals surface area (Å²) in [6.07, 6.45) is 4.83. The Morgan fingerprint density at radius 1 is 1.12 bits per heavy atom.